The number of hydrogen-bond acceptors (Lipinski definition) is 4. The molecule has 0 spiro atoms. The van der Waals surface area contributed by atoms with Crippen molar-refractivity contribution >= 4 is 17.4 Å². The van der Waals surface area contributed by atoms with Crippen LogP contribution < -0.4 is 10.2 Å². The fourth-order valence-corrected chi connectivity index (χ4v) is 2.63. The van der Waals surface area contributed by atoms with Gasteiger partial charge in [-0.05, 0) is 25.5 Å². The second kappa shape index (κ2) is 6.29. The molecule has 0 unspecified atom stereocenters. The van der Waals surface area contributed by atoms with Gasteiger partial charge in [-0.1, -0.05) is 25.4 Å². The van der Waals surface area contributed by atoms with Crippen molar-refractivity contribution in [2.24, 2.45) is 0 Å². The Morgan fingerprint density at radius 1 is 1.50 bits per heavy atom. The fourth-order valence-electron chi connectivity index (χ4n) is 2.32. The molecule has 1 saturated heterocycles. The van der Waals surface area contributed by atoms with E-state index in [0.29, 0.717) is 17.7 Å². The molecule has 4 nitrogen and oxygen atoms in total. The Kier molecular flexibility index (Phi) is 4.89. The van der Waals surface area contributed by atoms with E-state index in [4.69, 9.17) is 16.3 Å². The standard InChI is InChI=1S/C15H24ClN3O/c1-11(2)17-8-12-7-13(16)14(18-9-12)19-5-6-20-15(3,4)10-19/h7,9,11,17H,5-6,8,10H2,1-4H3. The molecule has 0 aliphatic carbocycles. The van der Waals surface area contributed by atoms with Crippen LogP contribution >= 0.6 is 11.6 Å². The van der Waals surface area contributed by atoms with Crippen LogP contribution in [-0.4, -0.2) is 36.3 Å². The fraction of sp³-hybridized carbons (Fsp3) is 0.667. The predicted octanol–water partition coefficient (Wildman–Crippen LogP) is 2.85. The molecule has 20 heavy (non-hydrogen) atoms. The highest BCUT2D eigenvalue weighted by molar-refractivity contribution is 6.33. The molecule has 1 fully saturated rings. The van der Waals surface area contributed by atoms with Crippen LogP contribution in [0.1, 0.15) is 33.3 Å². The third-order valence-electron chi connectivity index (χ3n) is 3.32. The Bertz CT molecular complexity index is 462. The lowest BCUT2D eigenvalue weighted by atomic mass is 10.1. The molecule has 0 radical (unpaired) electrons. The van der Waals surface area contributed by atoms with Gasteiger partial charge in [0.1, 0.15) is 5.82 Å². The first kappa shape index (κ1) is 15.5. The smallest absolute Gasteiger partial charge is 0.147 e. The summed E-state index contributed by atoms with van der Waals surface area (Å²) in [7, 11) is 0. The van der Waals surface area contributed by atoms with Gasteiger partial charge in [-0.25, -0.2) is 4.98 Å². The minimum absolute atomic E-state index is 0.152. The largest absolute Gasteiger partial charge is 0.372 e. The lowest BCUT2D eigenvalue weighted by molar-refractivity contribution is -0.0279. The summed E-state index contributed by atoms with van der Waals surface area (Å²) in [6.07, 6.45) is 1.90. The average Bonchev–Trinajstić information content (AvgIpc) is 2.35. The number of pyridine rings is 1. The second-order valence-corrected chi connectivity index (χ2v) is 6.62. The van der Waals surface area contributed by atoms with Crippen LogP contribution in [0.15, 0.2) is 12.3 Å². The van der Waals surface area contributed by atoms with E-state index in [9.17, 15) is 0 Å². The average molecular weight is 298 g/mol. The molecule has 0 saturated carbocycles. The van der Waals surface area contributed by atoms with Crippen molar-refractivity contribution in [3.63, 3.8) is 0 Å². The Morgan fingerprint density at radius 2 is 2.25 bits per heavy atom. The van der Waals surface area contributed by atoms with E-state index >= 15 is 0 Å². The van der Waals surface area contributed by atoms with Crippen LogP contribution in [-0.2, 0) is 11.3 Å². The topological polar surface area (TPSA) is 37.4 Å². The minimum Gasteiger partial charge on any atom is -0.372 e. The number of nitrogens with zero attached hydrogens (tertiary/aromatic N) is 2. The van der Waals surface area contributed by atoms with E-state index in [1.807, 2.05) is 12.3 Å². The quantitative estimate of drug-likeness (QED) is 0.927. The maximum absolute atomic E-state index is 6.40. The highest BCUT2D eigenvalue weighted by Gasteiger charge is 2.28. The summed E-state index contributed by atoms with van der Waals surface area (Å²) < 4.78 is 5.72. The highest BCUT2D eigenvalue weighted by Crippen LogP contribution is 2.28. The van der Waals surface area contributed by atoms with Gasteiger partial charge >= 0.3 is 0 Å². The van der Waals surface area contributed by atoms with Crippen LogP contribution in [0.4, 0.5) is 5.82 Å². The molecule has 1 N–H and O–H groups in total. The summed E-state index contributed by atoms with van der Waals surface area (Å²) in [4.78, 5) is 6.74. The normalized spacial score (nSPS) is 18.6. The number of morpholine rings is 1. The molecule has 112 valence electrons. The minimum atomic E-state index is -0.152. The van der Waals surface area contributed by atoms with Gasteiger partial charge in [0.15, 0.2) is 0 Å². The zero-order chi connectivity index (χ0) is 14.8. The first-order valence-corrected chi connectivity index (χ1v) is 7.52. The number of rotatable bonds is 4. The summed E-state index contributed by atoms with van der Waals surface area (Å²) in [5, 5.41) is 4.08. The molecular weight excluding hydrogens is 274 g/mol. The lowest BCUT2D eigenvalue weighted by Crippen LogP contribution is -2.48. The zero-order valence-electron chi connectivity index (χ0n) is 12.7. The van der Waals surface area contributed by atoms with Gasteiger partial charge in [-0.2, -0.15) is 0 Å². The molecule has 2 rings (SSSR count). The molecule has 2 heterocycles. The monoisotopic (exact) mass is 297 g/mol. The molecule has 1 aliphatic rings. The Balaban J connectivity index is 2.09. The molecule has 0 bridgehead atoms. The summed E-state index contributed by atoms with van der Waals surface area (Å²) in [6.45, 7) is 11.6. The van der Waals surface area contributed by atoms with E-state index in [0.717, 1.165) is 31.0 Å². The van der Waals surface area contributed by atoms with Crippen LogP contribution in [0.25, 0.3) is 0 Å². The van der Waals surface area contributed by atoms with Gasteiger partial charge in [0.25, 0.3) is 0 Å². The van der Waals surface area contributed by atoms with Crippen molar-refractivity contribution in [2.75, 3.05) is 24.6 Å². The van der Waals surface area contributed by atoms with Crippen molar-refractivity contribution in [1.82, 2.24) is 10.3 Å². The van der Waals surface area contributed by atoms with E-state index < -0.39 is 0 Å². The van der Waals surface area contributed by atoms with Gasteiger partial charge in [0, 0.05) is 31.9 Å². The summed E-state index contributed by atoms with van der Waals surface area (Å²) in [5.41, 5.74) is 0.959. The van der Waals surface area contributed by atoms with Crippen LogP contribution in [0, 0.1) is 0 Å². The van der Waals surface area contributed by atoms with E-state index in [1.165, 1.54) is 0 Å². The molecule has 0 amide bonds. The molecule has 1 aromatic rings. The van der Waals surface area contributed by atoms with Crippen molar-refractivity contribution in [1.29, 1.82) is 0 Å². The maximum Gasteiger partial charge on any atom is 0.147 e. The highest BCUT2D eigenvalue weighted by atomic mass is 35.5. The van der Waals surface area contributed by atoms with Crippen LogP contribution in [0.2, 0.25) is 5.02 Å². The predicted molar refractivity (Wildman–Crippen MR) is 83.5 cm³/mol. The number of aromatic nitrogens is 1. The summed E-state index contributed by atoms with van der Waals surface area (Å²) >= 11 is 6.40. The second-order valence-electron chi connectivity index (χ2n) is 6.21. The first-order chi connectivity index (χ1) is 9.37. The Morgan fingerprint density at radius 3 is 2.85 bits per heavy atom. The van der Waals surface area contributed by atoms with Gasteiger partial charge in [0.05, 0.1) is 17.2 Å². The number of halogens is 1. The van der Waals surface area contributed by atoms with Gasteiger partial charge in [0.2, 0.25) is 0 Å². The lowest BCUT2D eigenvalue weighted by Gasteiger charge is -2.39. The van der Waals surface area contributed by atoms with Gasteiger partial charge in [-0.3, -0.25) is 0 Å². The number of nitrogens with one attached hydrogen (secondary N) is 1. The summed E-state index contributed by atoms with van der Waals surface area (Å²) in [6, 6.07) is 2.45. The van der Waals surface area contributed by atoms with E-state index in [1.54, 1.807) is 0 Å². The summed E-state index contributed by atoms with van der Waals surface area (Å²) in [5.74, 6) is 0.858. The molecule has 1 aromatic heterocycles. The van der Waals surface area contributed by atoms with Gasteiger partial charge < -0.3 is 15.0 Å². The van der Waals surface area contributed by atoms with Crippen LogP contribution in [0.5, 0.6) is 0 Å². The van der Waals surface area contributed by atoms with E-state index in [-0.39, 0.29) is 5.60 Å². The molecule has 1 aliphatic heterocycles. The molecule has 0 atom stereocenters. The first-order valence-electron chi connectivity index (χ1n) is 7.14. The van der Waals surface area contributed by atoms with Gasteiger partial charge in [-0.15, -0.1) is 0 Å². The molecular formula is C15H24ClN3O. The van der Waals surface area contributed by atoms with Crippen molar-refractivity contribution in [2.45, 2.75) is 45.9 Å². The molecule has 0 aromatic carbocycles. The zero-order valence-corrected chi connectivity index (χ0v) is 13.5. The van der Waals surface area contributed by atoms with Crippen molar-refractivity contribution < 1.29 is 4.74 Å². The van der Waals surface area contributed by atoms with Crippen LogP contribution in [0.3, 0.4) is 0 Å². The third kappa shape index (κ3) is 4.08. The molecule has 5 heteroatoms. The third-order valence-corrected chi connectivity index (χ3v) is 3.60. The Hall–Kier alpha value is -0.840. The maximum atomic E-state index is 6.40. The number of ether oxygens (including phenoxy) is 1. The SMILES string of the molecule is CC(C)NCc1cnc(N2CCOC(C)(C)C2)c(Cl)c1. The number of anilines is 1. The Labute approximate surface area is 126 Å². The van der Waals surface area contributed by atoms with E-state index in [2.05, 4.69) is 42.9 Å². The van der Waals surface area contributed by atoms with Crippen molar-refractivity contribution in [3.8, 4) is 0 Å². The number of hydrogen-bond donors (Lipinski definition) is 1. The van der Waals surface area contributed by atoms with Crippen molar-refractivity contribution in [3.05, 3.63) is 22.8 Å².